The quantitative estimate of drug-likeness (QED) is 0.457. The summed E-state index contributed by atoms with van der Waals surface area (Å²) in [5.41, 5.74) is 2.31. The van der Waals surface area contributed by atoms with E-state index in [1.54, 1.807) is 19.4 Å². The Morgan fingerprint density at radius 2 is 2.07 bits per heavy atom. The van der Waals surface area contributed by atoms with Crippen LogP contribution in [0.5, 0.6) is 5.75 Å². The second-order valence-electron chi connectivity index (χ2n) is 5.80. The Bertz CT molecular complexity index is 1110. The number of methoxy groups -OCH3 is 1. The maximum Gasteiger partial charge on any atom is 0.287 e. The van der Waals surface area contributed by atoms with Crippen molar-refractivity contribution in [1.82, 2.24) is 10.3 Å². The van der Waals surface area contributed by atoms with Crippen molar-refractivity contribution in [2.75, 3.05) is 7.11 Å². The highest BCUT2D eigenvalue weighted by atomic mass is 79.9. The van der Waals surface area contributed by atoms with Gasteiger partial charge in [-0.05, 0) is 33.6 Å². The molecule has 27 heavy (non-hydrogen) atoms. The molecule has 0 fully saturated rings. The number of amides is 1. The molecule has 0 radical (unpaired) electrons. The maximum atomic E-state index is 12.9. The number of benzene rings is 2. The van der Waals surface area contributed by atoms with Crippen LogP contribution in [0.3, 0.4) is 0 Å². The molecule has 5 nitrogen and oxygen atoms in total. The minimum atomic E-state index is -0.270. The van der Waals surface area contributed by atoms with E-state index in [1.807, 2.05) is 42.5 Å². The summed E-state index contributed by atoms with van der Waals surface area (Å²) in [5.74, 6) is 0.693. The highest BCUT2D eigenvalue weighted by Crippen LogP contribution is 2.36. The van der Waals surface area contributed by atoms with Crippen molar-refractivity contribution in [2.24, 2.45) is 0 Å². The van der Waals surface area contributed by atoms with Gasteiger partial charge < -0.3 is 14.5 Å². The number of carbonyl (C=O) groups is 1. The SMILES string of the molecule is COc1ccc2c(-c3ccccc3)c(C(=O)NCc3cnc(Br)s3)oc2c1. The smallest absolute Gasteiger partial charge is 0.287 e. The monoisotopic (exact) mass is 442 g/mol. The van der Waals surface area contributed by atoms with Crippen LogP contribution in [0.1, 0.15) is 15.4 Å². The third-order valence-electron chi connectivity index (χ3n) is 4.11. The number of furan rings is 1. The molecule has 0 aliphatic carbocycles. The van der Waals surface area contributed by atoms with Gasteiger partial charge in [-0.3, -0.25) is 4.79 Å². The van der Waals surface area contributed by atoms with E-state index in [9.17, 15) is 4.79 Å². The van der Waals surface area contributed by atoms with Gasteiger partial charge in [0.1, 0.15) is 11.3 Å². The lowest BCUT2D eigenvalue weighted by Gasteiger charge is -2.05. The van der Waals surface area contributed by atoms with Gasteiger partial charge >= 0.3 is 0 Å². The van der Waals surface area contributed by atoms with Crippen LogP contribution in [-0.2, 0) is 6.54 Å². The van der Waals surface area contributed by atoms with Gasteiger partial charge in [-0.1, -0.05) is 30.3 Å². The number of nitrogens with zero attached hydrogens (tertiary/aromatic N) is 1. The third kappa shape index (κ3) is 3.61. The zero-order valence-electron chi connectivity index (χ0n) is 14.4. The topological polar surface area (TPSA) is 64.4 Å². The number of hydrogen-bond donors (Lipinski definition) is 1. The van der Waals surface area contributed by atoms with Crippen LogP contribution < -0.4 is 10.1 Å². The number of hydrogen-bond acceptors (Lipinski definition) is 5. The molecule has 0 atom stereocenters. The lowest BCUT2D eigenvalue weighted by Crippen LogP contribution is -2.22. The van der Waals surface area contributed by atoms with Crippen LogP contribution in [-0.4, -0.2) is 18.0 Å². The van der Waals surface area contributed by atoms with E-state index in [4.69, 9.17) is 9.15 Å². The second-order valence-corrected chi connectivity index (χ2v) is 8.19. The summed E-state index contributed by atoms with van der Waals surface area (Å²) in [6.07, 6.45) is 1.73. The van der Waals surface area contributed by atoms with Gasteiger partial charge in [0.2, 0.25) is 5.76 Å². The molecule has 4 rings (SSSR count). The number of thiazole rings is 1. The minimum absolute atomic E-state index is 0.270. The Kier molecular flexibility index (Phi) is 4.96. The van der Waals surface area contributed by atoms with Crippen LogP contribution in [0.2, 0.25) is 0 Å². The summed E-state index contributed by atoms with van der Waals surface area (Å²) in [7, 11) is 1.60. The molecular formula is C20H15BrN2O3S. The number of carbonyl (C=O) groups excluding carboxylic acids is 1. The Morgan fingerprint density at radius 3 is 2.78 bits per heavy atom. The van der Waals surface area contributed by atoms with Crippen LogP contribution in [0, 0.1) is 0 Å². The number of nitrogens with one attached hydrogen (secondary N) is 1. The zero-order valence-corrected chi connectivity index (χ0v) is 16.8. The van der Waals surface area contributed by atoms with Crippen LogP contribution in [0.25, 0.3) is 22.1 Å². The van der Waals surface area contributed by atoms with Crippen molar-refractivity contribution >= 4 is 44.1 Å². The number of halogens is 1. The fourth-order valence-electron chi connectivity index (χ4n) is 2.87. The highest BCUT2D eigenvalue weighted by Gasteiger charge is 2.22. The van der Waals surface area contributed by atoms with E-state index in [2.05, 4.69) is 26.2 Å². The third-order valence-corrected chi connectivity index (χ3v) is 5.59. The molecule has 136 valence electrons. The molecule has 0 aliphatic heterocycles. The lowest BCUT2D eigenvalue weighted by atomic mass is 10.0. The summed E-state index contributed by atoms with van der Waals surface area (Å²) in [6, 6.07) is 15.3. The normalized spacial score (nSPS) is 10.9. The molecule has 0 bridgehead atoms. The fourth-order valence-corrected chi connectivity index (χ4v) is 4.17. The summed E-state index contributed by atoms with van der Waals surface area (Å²) < 4.78 is 12.0. The van der Waals surface area contributed by atoms with Gasteiger partial charge in [0.15, 0.2) is 3.92 Å². The molecule has 2 aromatic heterocycles. The van der Waals surface area contributed by atoms with Crippen molar-refractivity contribution < 1.29 is 13.9 Å². The van der Waals surface area contributed by atoms with Crippen molar-refractivity contribution in [3.63, 3.8) is 0 Å². The molecule has 7 heteroatoms. The molecule has 0 aliphatic rings. The maximum absolute atomic E-state index is 12.9. The van der Waals surface area contributed by atoms with Crippen LogP contribution in [0.15, 0.2) is 63.1 Å². The number of rotatable bonds is 5. The predicted octanol–water partition coefficient (Wildman–Crippen LogP) is 5.26. The van der Waals surface area contributed by atoms with E-state index in [-0.39, 0.29) is 11.7 Å². The number of fused-ring (bicyclic) bond motifs is 1. The average Bonchev–Trinajstić information content (AvgIpc) is 3.29. The van der Waals surface area contributed by atoms with Crippen molar-refractivity contribution in [3.05, 3.63) is 69.3 Å². The van der Waals surface area contributed by atoms with Gasteiger partial charge in [-0.15, -0.1) is 11.3 Å². The molecular weight excluding hydrogens is 428 g/mol. The van der Waals surface area contributed by atoms with Crippen molar-refractivity contribution in [3.8, 4) is 16.9 Å². The Hall–Kier alpha value is -2.64. The summed E-state index contributed by atoms with van der Waals surface area (Å²) >= 11 is 4.81. The molecule has 1 N–H and O–H groups in total. The van der Waals surface area contributed by atoms with Gasteiger partial charge in [-0.25, -0.2) is 4.98 Å². The molecule has 0 saturated heterocycles. The van der Waals surface area contributed by atoms with Gasteiger partial charge in [0, 0.05) is 28.1 Å². The first-order chi connectivity index (χ1) is 13.2. The van der Waals surface area contributed by atoms with E-state index in [0.29, 0.717) is 17.9 Å². The van der Waals surface area contributed by atoms with Gasteiger partial charge in [0.25, 0.3) is 5.91 Å². The summed E-state index contributed by atoms with van der Waals surface area (Å²) in [4.78, 5) is 18.0. The molecule has 0 saturated carbocycles. The molecule has 4 aromatic rings. The highest BCUT2D eigenvalue weighted by molar-refractivity contribution is 9.11. The van der Waals surface area contributed by atoms with Crippen LogP contribution >= 0.6 is 27.3 Å². The Labute approximate surface area is 168 Å². The van der Waals surface area contributed by atoms with Crippen LogP contribution in [0.4, 0.5) is 0 Å². The molecule has 2 heterocycles. The number of aromatic nitrogens is 1. The van der Waals surface area contributed by atoms with Crippen molar-refractivity contribution in [1.29, 1.82) is 0 Å². The van der Waals surface area contributed by atoms with E-state index in [1.165, 1.54) is 11.3 Å². The molecule has 0 unspecified atom stereocenters. The van der Waals surface area contributed by atoms with Crippen molar-refractivity contribution in [2.45, 2.75) is 6.54 Å². The second kappa shape index (κ2) is 7.54. The van der Waals surface area contributed by atoms with E-state index >= 15 is 0 Å². The summed E-state index contributed by atoms with van der Waals surface area (Å²) in [6.45, 7) is 0.386. The first-order valence-corrected chi connectivity index (χ1v) is 9.81. The van der Waals surface area contributed by atoms with Gasteiger partial charge in [0.05, 0.1) is 13.7 Å². The fraction of sp³-hybridized carbons (Fsp3) is 0.100. The van der Waals surface area contributed by atoms with E-state index < -0.39 is 0 Å². The lowest BCUT2D eigenvalue weighted by molar-refractivity contribution is 0.0926. The first-order valence-electron chi connectivity index (χ1n) is 8.20. The first kappa shape index (κ1) is 17.8. The largest absolute Gasteiger partial charge is 0.497 e. The number of ether oxygens (including phenoxy) is 1. The Balaban J connectivity index is 1.74. The minimum Gasteiger partial charge on any atom is -0.497 e. The van der Waals surface area contributed by atoms with Gasteiger partial charge in [-0.2, -0.15) is 0 Å². The molecule has 0 spiro atoms. The standard InChI is InChI=1S/C20H15BrN2O3S/c1-25-13-7-8-15-16(9-13)26-18(17(15)12-5-3-2-4-6-12)19(24)22-10-14-11-23-20(21)27-14/h2-9,11H,10H2,1H3,(H,22,24). The molecule has 2 aromatic carbocycles. The van der Waals surface area contributed by atoms with E-state index in [0.717, 1.165) is 25.3 Å². The predicted molar refractivity (Wildman–Crippen MR) is 109 cm³/mol. The zero-order chi connectivity index (χ0) is 18.8. The summed E-state index contributed by atoms with van der Waals surface area (Å²) in [5, 5.41) is 3.78. The molecule has 1 amide bonds. The average molecular weight is 443 g/mol. The Morgan fingerprint density at radius 1 is 1.26 bits per heavy atom.